The van der Waals surface area contributed by atoms with E-state index in [1.807, 2.05) is 0 Å². The largest absolute Gasteiger partial charge is 1.00 e. The molecule has 0 aromatic rings. The monoisotopic (exact) mass is 254 g/mol. The Kier molecular flexibility index (Phi) is 7.71. The van der Waals surface area contributed by atoms with Gasteiger partial charge < -0.3 is 9.66 Å². The predicted octanol–water partition coefficient (Wildman–Crippen LogP) is -3.08. The zero-order chi connectivity index (χ0) is 10.7. The molecule has 0 amide bonds. The van der Waals surface area contributed by atoms with Crippen LogP contribution in [0.15, 0.2) is 0 Å². The summed E-state index contributed by atoms with van der Waals surface area (Å²) in [5.74, 6) is -1.00. The average Bonchev–Trinajstić information content (AvgIpc) is 1.78. The van der Waals surface area contributed by atoms with Crippen molar-refractivity contribution in [2.45, 2.75) is 6.42 Å². The zero-order valence-electron chi connectivity index (χ0n) is 8.22. The molecule has 0 aliphatic carbocycles. The molecule has 6 nitrogen and oxygen atoms in total. The molecular weight excluding hydrogens is 243 g/mol. The van der Waals surface area contributed by atoms with E-state index in [9.17, 15) is 17.8 Å². The first-order valence-corrected chi connectivity index (χ1v) is 7.10. The first kappa shape index (κ1) is 17.1. The fourth-order valence-corrected chi connectivity index (χ4v) is 3.34. The maximum atomic E-state index is 10.2. The van der Waals surface area contributed by atoms with Crippen LogP contribution >= 0.6 is 10.3 Å². The molecule has 0 atom stereocenters. The third-order valence-corrected chi connectivity index (χ3v) is 4.40. The SMILES string of the molecule is CS(C)(CCC(=O)O)OS(=O)(=O)[O-].[Na+]. The Balaban J connectivity index is 0. The third kappa shape index (κ3) is 10.8. The molecule has 9 heteroatoms. The fraction of sp³-hybridized carbons (Fsp3) is 0.800. The van der Waals surface area contributed by atoms with Gasteiger partial charge in [-0.05, 0) is 12.5 Å². The molecule has 0 heterocycles. The molecule has 0 unspecified atom stereocenters. The number of carboxylic acids is 1. The number of rotatable bonds is 5. The number of carbonyl (C=O) groups is 1. The van der Waals surface area contributed by atoms with Crippen molar-refractivity contribution in [3.05, 3.63) is 0 Å². The fourth-order valence-electron chi connectivity index (χ4n) is 0.593. The van der Waals surface area contributed by atoms with Gasteiger partial charge in [-0.15, -0.1) is 10.3 Å². The Morgan fingerprint density at radius 2 is 1.86 bits per heavy atom. The molecular formula is C5H11NaO6S2. The molecule has 0 fully saturated rings. The number of aliphatic carboxylic acids is 1. The van der Waals surface area contributed by atoms with Crippen LogP contribution in [-0.2, 0) is 18.8 Å². The van der Waals surface area contributed by atoms with Crippen LogP contribution in [-0.4, -0.2) is 42.3 Å². The van der Waals surface area contributed by atoms with Gasteiger partial charge in [-0.25, -0.2) is 12.0 Å². The van der Waals surface area contributed by atoms with Crippen LogP contribution in [0.5, 0.6) is 0 Å². The van der Waals surface area contributed by atoms with E-state index in [1.54, 1.807) is 0 Å². The van der Waals surface area contributed by atoms with E-state index in [1.165, 1.54) is 12.5 Å². The van der Waals surface area contributed by atoms with E-state index >= 15 is 0 Å². The van der Waals surface area contributed by atoms with Gasteiger partial charge in [-0.1, -0.05) is 0 Å². The predicted molar refractivity (Wildman–Crippen MR) is 47.3 cm³/mol. The molecule has 0 spiro atoms. The van der Waals surface area contributed by atoms with E-state index in [-0.39, 0.29) is 41.7 Å². The smallest absolute Gasteiger partial charge is 0.725 e. The molecule has 0 aromatic carbocycles. The number of carboxylic acid groups (broad SMARTS) is 1. The van der Waals surface area contributed by atoms with E-state index < -0.39 is 26.7 Å². The first-order chi connectivity index (χ1) is 5.62. The Hall–Kier alpha value is 0.690. The molecule has 0 aliphatic heterocycles. The molecule has 1 N–H and O–H groups in total. The Bertz CT molecular complexity index is 285. The van der Waals surface area contributed by atoms with Crippen LogP contribution in [0.2, 0.25) is 0 Å². The van der Waals surface area contributed by atoms with E-state index in [4.69, 9.17) is 5.11 Å². The average molecular weight is 254 g/mol. The zero-order valence-corrected chi connectivity index (χ0v) is 11.9. The molecule has 0 aromatic heterocycles. The molecule has 0 radical (unpaired) electrons. The van der Waals surface area contributed by atoms with Crippen molar-refractivity contribution >= 4 is 26.7 Å². The summed E-state index contributed by atoms with van der Waals surface area (Å²) in [6, 6.07) is 0. The van der Waals surface area contributed by atoms with E-state index in [0.29, 0.717) is 0 Å². The summed E-state index contributed by atoms with van der Waals surface area (Å²) in [7, 11) is -6.85. The third-order valence-electron chi connectivity index (χ3n) is 1.08. The molecule has 80 valence electrons. The van der Waals surface area contributed by atoms with Gasteiger partial charge in [0, 0.05) is 5.75 Å². The maximum Gasteiger partial charge on any atom is 1.00 e. The van der Waals surface area contributed by atoms with Crippen LogP contribution < -0.4 is 29.6 Å². The van der Waals surface area contributed by atoms with Gasteiger partial charge in [0.25, 0.3) is 0 Å². The minimum absolute atomic E-state index is 0. The summed E-state index contributed by atoms with van der Waals surface area (Å²) in [5, 5.41) is 8.31. The normalized spacial score (nSPS) is 13.1. The van der Waals surface area contributed by atoms with E-state index in [0.717, 1.165) is 0 Å². The van der Waals surface area contributed by atoms with Gasteiger partial charge >= 0.3 is 35.5 Å². The van der Waals surface area contributed by atoms with Crippen molar-refractivity contribution in [1.82, 2.24) is 0 Å². The molecule has 0 bridgehead atoms. The van der Waals surface area contributed by atoms with Crippen LogP contribution in [0.3, 0.4) is 0 Å². The van der Waals surface area contributed by atoms with Crippen molar-refractivity contribution in [2.24, 2.45) is 0 Å². The molecule has 0 saturated heterocycles. The number of hydrogen-bond donors (Lipinski definition) is 1. The summed E-state index contributed by atoms with van der Waals surface area (Å²) in [4.78, 5) is 10.1. The summed E-state index contributed by atoms with van der Waals surface area (Å²) < 4.78 is 34.8. The van der Waals surface area contributed by atoms with Gasteiger partial charge in [-0.3, -0.25) is 4.79 Å². The minimum Gasteiger partial charge on any atom is -0.725 e. The van der Waals surface area contributed by atoms with Gasteiger partial charge in [0.2, 0.25) is 10.4 Å². The van der Waals surface area contributed by atoms with Crippen molar-refractivity contribution in [3.8, 4) is 0 Å². The number of hydrogen-bond acceptors (Lipinski definition) is 5. The summed E-state index contributed by atoms with van der Waals surface area (Å²) in [5.41, 5.74) is 0. The van der Waals surface area contributed by atoms with Gasteiger partial charge in [0.15, 0.2) is 0 Å². The molecule has 0 saturated carbocycles. The quantitative estimate of drug-likeness (QED) is 0.317. The minimum atomic E-state index is -4.74. The summed E-state index contributed by atoms with van der Waals surface area (Å²) >= 11 is 0. The van der Waals surface area contributed by atoms with Gasteiger partial charge in [0.1, 0.15) is 0 Å². The first-order valence-electron chi connectivity index (χ1n) is 3.22. The van der Waals surface area contributed by atoms with Crippen molar-refractivity contribution in [2.75, 3.05) is 18.3 Å². The standard InChI is InChI=1S/C5H12O6S2.Na/c1-12(2,4-3-5(6)7)11-13(8,9)10;/h3-4H2,1-2H3,(H,6,7)(H,8,9,10);/q;+1/p-1. The van der Waals surface area contributed by atoms with Crippen molar-refractivity contribution in [3.63, 3.8) is 0 Å². The van der Waals surface area contributed by atoms with Crippen LogP contribution in [0.4, 0.5) is 0 Å². The topological polar surface area (TPSA) is 104 Å². The molecule has 14 heavy (non-hydrogen) atoms. The van der Waals surface area contributed by atoms with Crippen LogP contribution in [0.25, 0.3) is 0 Å². The summed E-state index contributed by atoms with van der Waals surface area (Å²) in [6.45, 7) is 0. The Labute approximate surface area is 107 Å². The Morgan fingerprint density at radius 1 is 1.43 bits per heavy atom. The van der Waals surface area contributed by atoms with Crippen molar-refractivity contribution < 1.29 is 56.1 Å². The second-order valence-electron chi connectivity index (χ2n) is 2.76. The van der Waals surface area contributed by atoms with Gasteiger partial charge in [0.05, 0.1) is 6.42 Å². The molecule has 0 aliphatic rings. The van der Waals surface area contributed by atoms with Crippen LogP contribution in [0, 0.1) is 0 Å². The summed E-state index contributed by atoms with van der Waals surface area (Å²) in [6.07, 6.45) is 2.63. The van der Waals surface area contributed by atoms with Gasteiger partial charge in [-0.2, -0.15) is 0 Å². The second-order valence-corrected chi connectivity index (χ2v) is 7.40. The molecule has 0 rings (SSSR count). The second kappa shape index (κ2) is 6.31. The van der Waals surface area contributed by atoms with E-state index in [2.05, 4.69) is 3.63 Å². The Morgan fingerprint density at radius 3 is 2.14 bits per heavy atom. The van der Waals surface area contributed by atoms with Crippen molar-refractivity contribution in [1.29, 1.82) is 0 Å². The van der Waals surface area contributed by atoms with Crippen LogP contribution in [0.1, 0.15) is 6.42 Å². The maximum absolute atomic E-state index is 10.2.